The zero-order valence-corrected chi connectivity index (χ0v) is 16.7. The minimum absolute atomic E-state index is 0.0924. The first kappa shape index (κ1) is 19.5. The number of fused-ring (bicyclic) bond motifs is 1. The van der Waals surface area contributed by atoms with Gasteiger partial charge < -0.3 is 10.6 Å². The Labute approximate surface area is 176 Å². The van der Waals surface area contributed by atoms with Crippen molar-refractivity contribution in [2.45, 2.75) is 6.42 Å². The fourth-order valence-electron chi connectivity index (χ4n) is 3.02. The molecule has 0 atom stereocenters. The molecule has 0 bridgehead atoms. The molecule has 0 saturated heterocycles. The van der Waals surface area contributed by atoms with Crippen molar-refractivity contribution in [1.29, 1.82) is 0 Å². The Morgan fingerprint density at radius 1 is 0.967 bits per heavy atom. The Kier molecular flexibility index (Phi) is 5.67. The number of para-hydroxylation sites is 1. The molecule has 0 aliphatic heterocycles. The largest absolute Gasteiger partial charge is 0.352 e. The highest BCUT2D eigenvalue weighted by Crippen LogP contribution is 2.16. The third kappa shape index (κ3) is 4.13. The summed E-state index contributed by atoms with van der Waals surface area (Å²) >= 11 is 1.31. The van der Waals surface area contributed by atoms with E-state index in [1.54, 1.807) is 35.8 Å². The molecule has 4 aromatic rings. The molecule has 30 heavy (non-hydrogen) atoms. The number of amides is 2. The second kappa shape index (κ2) is 8.71. The number of benzene rings is 2. The molecule has 0 saturated carbocycles. The van der Waals surface area contributed by atoms with Crippen LogP contribution >= 0.6 is 11.3 Å². The molecule has 0 aliphatic carbocycles. The zero-order chi connectivity index (χ0) is 20.9. The SMILES string of the molecule is O=C(NCCc1ccccc1)c1ccccc1NC(=O)c1cnc2sccn2c1=O. The van der Waals surface area contributed by atoms with Crippen LogP contribution in [0, 0.1) is 0 Å². The van der Waals surface area contributed by atoms with Crippen molar-refractivity contribution in [3.8, 4) is 0 Å². The number of hydrogen-bond acceptors (Lipinski definition) is 5. The Hall–Kier alpha value is -3.78. The van der Waals surface area contributed by atoms with Crippen LogP contribution in [-0.2, 0) is 6.42 Å². The topological polar surface area (TPSA) is 92.6 Å². The summed E-state index contributed by atoms with van der Waals surface area (Å²) in [6.45, 7) is 0.464. The molecule has 4 rings (SSSR count). The lowest BCUT2D eigenvalue weighted by atomic mass is 10.1. The molecule has 2 aromatic heterocycles. The van der Waals surface area contributed by atoms with E-state index in [0.29, 0.717) is 29.2 Å². The van der Waals surface area contributed by atoms with Gasteiger partial charge in [-0.05, 0) is 24.1 Å². The van der Waals surface area contributed by atoms with E-state index < -0.39 is 11.5 Å². The molecule has 150 valence electrons. The number of nitrogens with one attached hydrogen (secondary N) is 2. The minimum atomic E-state index is -0.613. The van der Waals surface area contributed by atoms with Gasteiger partial charge in [-0.2, -0.15) is 0 Å². The van der Waals surface area contributed by atoms with E-state index >= 15 is 0 Å². The Balaban J connectivity index is 1.48. The maximum absolute atomic E-state index is 12.7. The highest BCUT2D eigenvalue weighted by atomic mass is 32.1. The van der Waals surface area contributed by atoms with Crippen LogP contribution in [0.4, 0.5) is 5.69 Å². The van der Waals surface area contributed by atoms with Gasteiger partial charge in [0.15, 0.2) is 4.96 Å². The molecule has 0 fully saturated rings. The number of hydrogen-bond donors (Lipinski definition) is 2. The average Bonchev–Trinajstić information content (AvgIpc) is 3.25. The van der Waals surface area contributed by atoms with Crippen LogP contribution in [0.2, 0.25) is 0 Å². The summed E-state index contributed by atoms with van der Waals surface area (Å²) in [6.07, 6.45) is 3.52. The second-order valence-electron chi connectivity index (χ2n) is 6.52. The summed E-state index contributed by atoms with van der Waals surface area (Å²) in [6, 6.07) is 16.5. The van der Waals surface area contributed by atoms with Crippen LogP contribution in [0.3, 0.4) is 0 Å². The molecule has 8 heteroatoms. The lowest BCUT2D eigenvalue weighted by molar-refractivity contribution is 0.0955. The van der Waals surface area contributed by atoms with E-state index in [4.69, 9.17) is 0 Å². The van der Waals surface area contributed by atoms with Crippen LogP contribution < -0.4 is 16.2 Å². The number of carbonyl (C=O) groups is 2. The van der Waals surface area contributed by atoms with Gasteiger partial charge >= 0.3 is 0 Å². The van der Waals surface area contributed by atoms with E-state index in [2.05, 4.69) is 15.6 Å². The van der Waals surface area contributed by atoms with Gasteiger partial charge in [-0.15, -0.1) is 11.3 Å². The molecule has 0 spiro atoms. The van der Waals surface area contributed by atoms with Gasteiger partial charge in [0.1, 0.15) is 5.56 Å². The summed E-state index contributed by atoms with van der Waals surface area (Å²) in [5.74, 6) is -0.914. The van der Waals surface area contributed by atoms with Gasteiger partial charge in [0.25, 0.3) is 17.4 Å². The van der Waals surface area contributed by atoms with Crippen molar-refractivity contribution in [3.63, 3.8) is 0 Å². The minimum Gasteiger partial charge on any atom is -0.352 e. The first-order valence-corrected chi connectivity index (χ1v) is 10.2. The Morgan fingerprint density at radius 2 is 1.73 bits per heavy atom. The lowest BCUT2D eigenvalue weighted by Gasteiger charge is -2.11. The van der Waals surface area contributed by atoms with Crippen LogP contribution in [0.25, 0.3) is 4.96 Å². The van der Waals surface area contributed by atoms with Crippen molar-refractivity contribution in [1.82, 2.24) is 14.7 Å². The van der Waals surface area contributed by atoms with E-state index in [1.165, 1.54) is 21.9 Å². The number of carbonyl (C=O) groups excluding carboxylic acids is 2. The molecule has 7 nitrogen and oxygen atoms in total. The van der Waals surface area contributed by atoms with Gasteiger partial charge in [0, 0.05) is 24.3 Å². The fourth-order valence-corrected chi connectivity index (χ4v) is 3.70. The van der Waals surface area contributed by atoms with Gasteiger partial charge in [-0.25, -0.2) is 4.98 Å². The second-order valence-corrected chi connectivity index (χ2v) is 7.40. The summed E-state index contributed by atoms with van der Waals surface area (Å²) < 4.78 is 1.32. The van der Waals surface area contributed by atoms with E-state index in [0.717, 1.165) is 5.56 Å². The summed E-state index contributed by atoms with van der Waals surface area (Å²) in [5, 5.41) is 7.25. The zero-order valence-electron chi connectivity index (χ0n) is 15.9. The quantitative estimate of drug-likeness (QED) is 0.504. The van der Waals surface area contributed by atoms with Gasteiger partial charge in [0.05, 0.1) is 11.3 Å². The molecule has 2 aromatic carbocycles. The van der Waals surface area contributed by atoms with E-state index in [-0.39, 0.29) is 11.5 Å². The van der Waals surface area contributed by atoms with Crippen LogP contribution in [0.1, 0.15) is 26.3 Å². The number of aromatic nitrogens is 2. The number of anilines is 1. The van der Waals surface area contributed by atoms with Crippen molar-refractivity contribution >= 4 is 33.8 Å². The molecule has 0 aliphatic rings. The van der Waals surface area contributed by atoms with Gasteiger partial charge in [-0.1, -0.05) is 42.5 Å². The summed E-state index contributed by atoms with van der Waals surface area (Å²) in [4.78, 5) is 42.5. The number of thiazole rings is 1. The van der Waals surface area contributed by atoms with Crippen LogP contribution in [-0.4, -0.2) is 27.7 Å². The number of nitrogens with zero attached hydrogens (tertiary/aromatic N) is 2. The molecule has 2 heterocycles. The Morgan fingerprint density at radius 3 is 2.57 bits per heavy atom. The first-order chi connectivity index (χ1) is 14.6. The maximum Gasteiger partial charge on any atom is 0.271 e. The maximum atomic E-state index is 12.7. The first-order valence-electron chi connectivity index (χ1n) is 9.31. The molecule has 0 unspecified atom stereocenters. The Bertz CT molecular complexity index is 1260. The molecular weight excluding hydrogens is 400 g/mol. The van der Waals surface area contributed by atoms with E-state index in [1.807, 2.05) is 30.3 Å². The van der Waals surface area contributed by atoms with Gasteiger partial charge in [-0.3, -0.25) is 18.8 Å². The highest BCUT2D eigenvalue weighted by molar-refractivity contribution is 7.15. The molecule has 0 radical (unpaired) electrons. The van der Waals surface area contributed by atoms with Gasteiger partial charge in [0.2, 0.25) is 0 Å². The molecule has 2 N–H and O–H groups in total. The van der Waals surface area contributed by atoms with Crippen molar-refractivity contribution in [3.05, 3.63) is 99.4 Å². The summed E-state index contributed by atoms with van der Waals surface area (Å²) in [5.41, 5.74) is 1.23. The predicted octanol–water partition coefficient (Wildman–Crippen LogP) is 2.98. The monoisotopic (exact) mass is 418 g/mol. The smallest absolute Gasteiger partial charge is 0.271 e. The third-order valence-electron chi connectivity index (χ3n) is 4.55. The van der Waals surface area contributed by atoms with Crippen molar-refractivity contribution < 1.29 is 9.59 Å². The van der Waals surface area contributed by atoms with Crippen LogP contribution in [0.15, 0.2) is 77.2 Å². The third-order valence-corrected chi connectivity index (χ3v) is 5.32. The lowest BCUT2D eigenvalue weighted by Crippen LogP contribution is -2.29. The van der Waals surface area contributed by atoms with Crippen LogP contribution in [0.5, 0.6) is 0 Å². The van der Waals surface area contributed by atoms with E-state index in [9.17, 15) is 14.4 Å². The normalized spacial score (nSPS) is 10.7. The fraction of sp³-hybridized carbons (Fsp3) is 0.0909. The predicted molar refractivity (Wildman–Crippen MR) is 116 cm³/mol. The standard InChI is InChI=1S/C22H18N4O3S/c27-19(23-11-10-15-6-2-1-3-7-15)16-8-4-5-9-18(16)25-20(28)17-14-24-22-26(21(17)29)12-13-30-22/h1-9,12-14H,10-11H2,(H,23,27)(H,25,28). The molecule has 2 amide bonds. The average molecular weight is 418 g/mol. The van der Waals surface area contributed by atoms with Crippen molar-refractivity contribution in [2.75, 3.05) is 11.9 Å². The number of rotatable bonds is 6. The summed E-state index contributed by atoms with van der Waals surface area (Å²) in [7, 11) is 0. The van der Waals surface area contributed by atoms with Crippen molar-refractivity contribution in [2.24, 2.45) is 0 Å². The molecular formula is C22H18N4O3S. The highest BCUT2D eigenvalue weighted by Gasteiger charge is 2.17.